The van der Waals surface area contributed by atoms with Gasteiger partial charge in [-0.2, -0.15) is 0 Å². The van der Waals surface area contributed by atoms with Gasteiger partial charge in [-0.15, -0.1) is 11.3 Å². The second-order valence-electron chi connectivity index (χ2n) is 10.5. The third-order valence-electron chi connectivity index (χ3n) is 7.26. The van der Waals surface area contributed by atoms with Crippen LogP contribution in [0.1, 0.15) is 28.2 Å². The van der Waals surface area contributed by atoms with Crippen LogP contribution in [0.4, 0.5) is 26.1 Å². The van der Waals surface area contributed by atoms with Gasteiger partial charge in [0.15, 0.2) is 0 Å². The molecule has 2 aromatic heterocycles. The number of hydrogen-bond acceptors (Lipinski definition) is 8. The number of benzene rings is 3. The number of aryl methyl sites for hydroxylation is 1. The molecular weight excluding hydrogens is 618 g/mol. The van der Waals surface area contributed by atoms with Crippen LogP contribution in [0.3, 0.4) is 0 Å². The number of rotatable bonds is 10. The smallest absolute Gasteiger partial charge is 0.261 e. The lowest BCUT2D eigenvalue weighted by Crippen LogP contribution is -2.25. The molecule has 3 heterocycles. The van der Waals surface area contributed by atoms with E-state index in [2.05, 4.69) is 20.5 Å². The molecule has 0 radical (unpaired) electrons. The molecule has 1 aliphatic rings. The van der Waals surface area contributed by atoms with Crippen LogP contribution in [0.15, 0.2) is 72.9 Å². The molecule has 0 unspecified atom stereocenters. The van der Waals surface area contributed by atoms with Crippen molar-refractivity contribution in [1.29, 1.82) is 0 Å². The summed E-state index contributed by atoms with van der Waals surface area (Å²) < 4.78 is 34.2. The number of nitrogens with one attached hydrogen (secondary N) is 2. The molecule has 0 atom stereocenters. The van der Waals surface area contributed by atoms with E-state index in [1.54, 1.807) is 36.5 Å². The summed E-state index contributed by atoms with van der Waals surface area (Å²) in [6.07, 6.45) is 4.13. The fourth-order valence-corrected chi connectivity index (χ4v) is 6.26. The Morgan fingerprint density at radius 1 is 1.00 bits per heavy atom. The molecular formula is C33H29ClF2N6O2S. The van der Waals surface area contributed by atoms with Crippen LogP contribution in [0.25, 0.3) is 21.8 Å². The highest BCUT2D eigenvalue weighted by Crippen LogP contribution is 2.37. The van der Waals surface area contributed by atoms with E-state index in [1.807, 2.05) is 25.1 Å². The largest absolute Gasteiger partial charge is 0.491 e. The Morgan fingerprint density at radius 2 is 1.78 bits per heavy atom. The zero-order valence-electron chi connectivity index (χ0n) is 24.3. The Hall–Kier alpha value is -4.45. The molecule has 45 heavy (non-hydrogen) atoms. The first-order valence-corrected chi connectivity index (χ1v) is 15.6. The van der Waals surface area contributed by atoms with Gasteiger partial charge in [0.2, 0.25) is 5.95 Å². The van der Waals surface area contributed by atoms with Crippen LogP contribution < -0.4 is 15.4 Å². The van der Waals surface area contributed by atoms with E-state index in [0.29, 0.717) is 51.7 Å². The second kappa shape index (κ2) is 13.7. The predicted octanol–water partition coefficient (Wildman–Crippen LogP) is 7.98. The van der Waals surface area contributed by atoms with Gasteiger partial charge in [0, 0.05) is 29.7 Å². The summed E-state index contributed by atoms with van der Waals surface area (Å²) in [6, 6.07) is 17.5. The van der Waals surface area contributed by atoms with Gasteiger partial charge < -0.3 is 15.4 Å². The molecule has 6 rings (SSSR count). The number of aromatic nitrogens is 3. The van der Waals surface area contributed by atoms with E-state index in [1.165, 1.54) is 30.2 Å². The van der Waals surface area contributed by atoms with Crippen LogP contribution in [0.5, 0.6) is 5.75 Å². The van der Waals surface area contributed by atoms with E-state index in [9.17, 15) is 13.6 Å². The number of carbonyl (C=O) groups is 1. The van der Waals surface area contributed by atoms with Crippen LogP contribution >= 0.6 is 22.9 Å². The van der Waals surface area contributed by atoms with Gasteiger partial charge in [0.05, 0.1) is 26.3 Å². The van der Waals surface area contributed by atoms with Crippen LogP contribution in [0, 0.1) is 18.6 Å². The van der Waals surface area contributed by atoms with Crippen molar-refractivity contribution in [1.82, 2.24) is 19.9 Å². The highest BCUT2D eigenvalue weighted by atomic mass is 35.5. The number of likely N-dealkylation sites (tertiary alicyclic amines) is 1. The maximum atomic E-state index is 14.2. The van der Waals surface area contributed by atoms with Crippen molar-refractivity contribution in [3.63, 3.8) is 0 Å². The summed E-state index contributed by atoms with van der Waals surface area (Å²) in [5, 5.41) is 7.09. The van der Waals surface area contributed by atoms with Crippen molar-refractivity contribution in [2.45, 2.75) is 19.8 Å². The molecule has 3 aromatic carbocycles. The molecule has 5 aromatic rings. The second-order valence-corrected chi connectivity index (χ2v) is 12.1. The van der Waals surface area contributed by atoms with Gasteiger partial charge in [0.1, 0.15) is 29.6 Å². The third kappa shape index (κ3) is 7.28. The molecule has 8 nitrogen and oxygen atoms in total. The van der Waals surface area contributed by atoms with E-state index in [0.717, 1.165) is 41.7 Å². The highest BCUT2D eigenvalue weighted by Gasteiger charge is 2.19. The number of carbonyl (C=O) groups excluding carboxylic acids is 1. The topological polar surface area (TPSA) is 92.3 Å². The van der Waals surface area contributed by atoms with Crippen molar-refractivity contribution in [3.8, 4) is 27.6 Å². The van der Waals surface area contributed by atoms with Gasteiger partial charge in [-0.1, -0.05) is 29.8 Å². The standard InChI is InChI=1S/C33H29ClF2N6O2S/c1-20-38-30(21-6-4-7-22(18-21)39-32(43)29-25(35)8-5-9-26(29)36)31(45-20)27-12-13-37-33(41-27)40-23-10-11-28(24(34)19-23)44-17-16-42-14-2-3-15-42/h4-13,18-19H,2-3,14-17H2,1H3,(H,39,43)(H,37,40,41). The highest BCUT2D eigenvalue weighted by molar-refractivity contribution is 7.15. The first-order valence-electron chi connectivity index (χ1n) is 14.4. The maximum Gasteiger partial charge on any atom is 0.261 e. The van der Waals surface area contributed by atoms with Crippen LogP contribution in [-0.4, -0.2) is 52.0 Å². The summed E-state index contributed by atoms with van der Waals surface area (Å²) in [4.78, 5) is 29.7. The quantitative estimate of drug-likeness (QED) is 0.159. The number of ether oxygens (including phenoxy) is 1. The van der Waals surface area contributed by atoms with E-state index in [4.69, 9.17) is 26.3 Å². The molecule has 12 heteroatoms. The molecule has 1 amide bonds. The van der Waals surface area contributed by atoms with Gasteiger partial charge >= 0.3 is 0 Å². The Labute approximate surface area is 268 Å². The molecule has 1 saturated heterocycles. The predicted molar refractivity (Wildman–Crippen MR) is 174 cm³/mol. The molecule has 1 aliphatic heterocycles. The number of hydrogen-bond donors (Lipinski definition) is 2. The zero-order chi connectivity index (χ0) is 31.3. The average molecular weight is 647 g/mol. The van der Waals surface area contributed by atoms with Gasteiger partial charge in [-0.3, -0.25) is 9.69 Å². The number of anilines is 3. The third-order valence-corrected chi connectivity index (χ3v) is 8.55. The maximum absolute atomic E-state index is 14.2. The van der Waals surface area contributed by atoms with Crippen molar-refractivity contribution in [2.75, 3.05) is 36.9 Å². The lowest BCUT2D eigenvalue weighted by molar-refractivity contribution is 0.101. The van der Waals surface area contributed by atoms with E-state index >= 15 is 0 Å². The Balaban J connectivity index is 1.18. The molecule has 1 fully saturated rings. The number of halogens is 3. The number of nitrogens with zero attached hydrogens (tertiary/aromatic N) is 4. The minimum Gasteiger partial charge on any atom is -0.491 e. The SMILES string of the molecule is Cc1nc(-c2cccc(NC(=O)c3c(F)cccc3F)c2)c(-c2ccnc(Nc3ccc(OCCN4CCCC4)c(Cl)c3)n2)s1. The molecule has 0 saturated carbocycles. The lowest BCUT2D eigenvalue weighted by atomic mass is 10.1. The van der Waals surface area contributed by atoms with E-state index in [-0.39, 0.29) is 0 Å². The Kier molecular flexibility index (Phi) is 9.29. The zero-order valence-corrected chi connectivity index (χ0v) is 25.9. The van der Waals surface area contributed by atoms with E-state index < -0.39 is 23.1 Å². The van der Waals surface area contributed by atoms with Gasteiger partial charge in [-0.25, -0.2) is 23.7 Å². The van der Waals surface area contributed by atoms with Crippen molar-refractivity contribution >= 4 is 46.2 Å². The lowest BCUT2D eigenvalue weighted by Gasteiger charge is -2.16. The number of thiazole rings is 1. The molecule has 0 bridgehead atoms. The molecule has 230 valence electrons. The van der Waals surface area contributed by atoms with Gasteiger partial charge in [-0.05, 0) is 81.4 Å². The Morgan fingerprint density at radius 3 is 2.56 bits per heavy atom. The summed E-state index contributed by atoms with van der Waals surface area (Å²) in [5.74, 6) is -1.76. The first-order chi connectivity index (χ1) is 21.8. The molecule has 0 aliphatic carbocycles. The van der Waals surface area contributed by atoms with Crippen molar-refractivity contribution < 1.29 is 18.3 Å². The fraction of sp³-hybridized carbons (Fsp3) is 0.212. The minimum absolute atomic E-state index is 0.363. The van der Waals surface area contributed by atoms with Crippen molar-refractivity contribution in [3.05, 3.63) is 100 Å². The fourth-order valence-electron chi connectivity index (χ4n) is 5.11. The Bertz CT molecular complexity index is 1830. The van der Waals surface area contributed by atoms with Crippen LogP contribution in [-0.2, 0) is 0 Å². The number of amides is 1. The summed E-state index contributed by atoms with van der Waals surface area (Å²) >= 11 is 7.98. The molecule has 2 N–H and O–H groups in total. The summed E-state index contributed by atoms with van der Waals surface area (Å²) in [5.41, 5.74) is 2.41. The molecule has 0 spiro atoms. The summed E-state index contributed by atoms with van der Waals surface area (Å²) in [6.45, 7) is 5.58. The summed E-state index contributed by atoms with van der Waals surface area (Å²) in [7, 11) is 0. The van der Waals surface area contributed by atoms with Crippen LogP contribution in [0.2, 0.25) is 5.02 Å². The first kappa shape index (κ1) is 30.6. The van der Waals surface area contributed by atoms with Gasteiger partial charge in [0.25, 0.3) is 5.91 Å². The normalized spacial score (nSPS) is 13.2. The average Bonchev–Trinajstić information content (AvgIpc) is 3.68. The minimum atomic E-state index is -0.936. The van der Waals surface area contributed by atoms with Crippen molar-refractivity contribution in [2.24, 2.45) is 0 Å². The monoisotopic (exact) mass is 646 g/mol.